The van der Waals surface area contributed by atoms with E-state index in [-0.39, 0.29) is 11.2 Å². The second-order valence-corrected chi connectivity index (χ2v) is 11.1. The molecule has 26 heavy (non-hydrogen) atoms. The Morgan fingerprint density at radius 1 is 1.19 bits per heavy atom. The lowest BCUT2D eigenvalue weighted by atomic mass is 9.83. The maximum atomic E-state index is 13.1. The molecular weight excluding hydrogens is 380 g/mol. The van der Waals surface area contributed by atoms with Crippen LogP contribution in [0.3, 0.4) is 0 Å². The molecule has 146 valence electrons. The molecular formula is C17H24O7S2. The molecule has 6 atom stereocenters. The van der Waals surface area contributed by atoms with Crippen molar-refractivity contribution in [3.63, 3.8) is 0 Å². The summed E-state index contributed by atoms with van der Waals surface area (Å²) in [4.78, 5) is 24.6. The van der Waals surface area contributed by atoms with Gasteiger partial charge < -0.3 is 9.47 Å². The van der Waals surface area contributed by atoms with Crippen LogP contribution in [0, 0.1) is 11.8 Å². The second-order valence-electron chi connectivity index (χ2n) is 8.03. The van der Waals surface area contributed by atoms with E-state index in [4.69, 9.17) is 13.7 Å². The number of carbonyl (C=O) groups is 2. The summed E-state index contributed by atoms with van der Waals surface area (Å²) in [7, 11) is -3.88. The van der Waals surface area contributed by atoms with Gasteiger partial charge in [0.05, 0.1) is 16.4 Å². The molecule has 2 bridgehead atoms. The predicted molar refractivity (Wildman–Crippen MR) is 93.9 cm³/mol. The fraction of sp³-hybridized carbons (Fsp3) is 0.882. The standard InChI is InChI=1S/C17H24O7S2/c1-8(2)17(6-4-5-7-17)23-16(19)10-13-11(22-9(3)18)12-14(25-13)15(10)26(20,21)24-12/h8,10-15H,4-7H2,1-3H3. The molecule has 7 nitrogen and oxygen atoms in total. The van der Waals surface area contributed by atoms with Crippen LogP contribution in [0.1, 0.15) is 46.5 Å². The SMILES string of the molecule is CC(=O)OC1C2OS(=O)(=O)C3C2SC1C3C(=O)OC1(C(C)C)CCCC1. The van der Waals surface area contributed by atoms with E-state index in [0.717, 1.165) is 25.7 Å². The van der Waals surface area contributed by atoms with Crippen LogP contribution >= 0.6 is 11.8 Å². The van der Waals surface area contributed by atoms with Crippen LogP contribution in [0.4, 0.5) is 0 Å². The number of ether oxygens (including phenoxy) is 2. The molecule has 6 unspecified atom stereocenters. The van der Waals surface area contributed by atoms with Crippen LogP contribution < -0.4 is 0 Å². The molecule has 0 spiro atoms. The molecule has 0 amide bonds. The number of fused-ring (bicyclic) bond motifs is 1. The van der Waals surface area contributed by atoms with Crippen LogP contribution in [0.2, 0.25) is 0 Å². The molecule has 0 radical (unpaired) electrons. The Hall–Kier alpha value is -0.800. The third-order valence-corrected chi connectivity index (χ3v) is 9.94. The van der Waals surface area contributed by atoms with Crippen LogP contribution in [0.25, 0.3) is 0 Å². The number of hydrogen-bond acceptors (Lipinski definition) is 8. The Morgan fingerprint density at radius 2 is 1.85 bits per heavy atom. The first kappa shape index (κ1) is 18.6. The van der Waals surface area contributed by atoms with Gasteiger partial charge in [-0.1, -0.05) is 13.8 Å². The fourth-order valence-electron chi connectivity index (χ4n) is 4.96. The van der Waals surface area contributed by atoms with Gasteiger partial charge in [-0.05, 0) is 31.6 Å². The van der Waals surface area contributed by atoms with Gasteiger partial charge >= 0.3 is 11.9 Å². The molecule has 3 aliphatic heterocycles. The lowest BCUT2D eigenvalue weighted by Gasteiger charge is -2.36. The lowest BCUT2D eigenvalue weighted by Crippen LogP contribution is -2.51. The number of hydrogen-bond donors (Lipinski definition) is 0. The number of carbonyl (C=O) groups excluding carboxylic acids is 2. The maximum Gasteiger partial charge on any atom is 0.312 e. The van der Waals surface area contributed by atoms with Gasteiger partial charge in [-0.3, -0.25) is 13.8 Å². The van der Waals surface area contributed by atoms with Gasteiger partial charge in [0.1, 0.15) is 23.1 Å². The Morgan fingerprint density at radius 3 is 2.42 bits per heavy atom. The fourth-order valence-corrected chi connectivity index (χ4v) is 9.39. The van der Waals surface area contributed by atoms with Crippen molar-refractivity contribution in [1.82, 2.24) is 0 Å². The minimum Gasteiger partial charge on any atom is -0.459 e. The maximum absolute atomic E-state index is 13.1. The summed E-state index contributed by atoms with van der Waals surface area (Å²) in [6, 6.07) is 0. The molecule has 1 saturated carbocycles. The van der Waals surface area contributed by atoms with Gasteiger partial charge in [0.25, 0.3) is 10.1 Å². The van der Waals surface area contributed by atoms with Gasteiger partial charge in [-0.2, -0.15) is 8.42 Å². The van der Waals surface area contributed by atoms with Gasteiger partial charge in [0, 0.05) is 6.92 Å². The van der Waals surface area contributed by atoms with Crippen LogP contribution in [0.15, 0.2) is 0 Å². The summed E-state index contributed by atoms with van der Waals surface area (Å²) in [6.45, 7) is 5.33. The van der Waals surface area contributed by atoms with Gasteiger partial charge in [-0.25, -0.2) is 0 Å². The van der Waals surface area contributed by atoms with E-state index >= 15 is 0 Å². The summed E-state index contributed by atoms with van der Waals surface area (Å²) < 4.78 is 41.5. The Labute approximate surface area is 157 Å². The van der Waals surface area contributed by atoms with Crippen LogP contribution in [-0.4, -0.2) is 53.9 Å². The van der Waals surface area contributed by atoms with E-state index in [1.54, 1.807) is 0 Å². The third-order valence-electron chi connectivity index (χ3n) is 6.28. The summed E-state index contributed by atoms with van der Waals surface area (Å²) in [5.74, 6) is -1.69. The lowest BCUT2D eigenvalue weighted by molar-refractivity contribution is -0.173. The van der Waals surface area contributed by atoms with Crippen molar-refractivity contribution in [1.29, 1.82) is 0 Å². The number of rotatable bonds is 4. The Bertz CT molecular complexity index is 725. The zero-order chi connectivity index (χ0) is 18.9. The van der Waals surface area contributed by atoms with Crippen molar-refractivity contribution < 1.29 is 31.7 Å². The molecule has 0 N–H and O–H groups in total. The Balaban J connectivity index is 1.63. The average molecular weight is 405 g/mol. The topological polar surface area (TPSA) is 96.0 Å². The highest BCUT2D eigenvalue weighted by Crippen LogP contribution is 2.59. The molecule has 3 saturated heterocycles. The molecule has 0 aromatic rings. The highest BCUT2D eigenvalue weighted by atomic mass is 32.2. The highest BCUT2D eigenvalue weighted by molar-refractivity contribution is 8.03. The van der Waals surface area contributed by atoms with E-state index in [1.807, 2.05) is 13.8 Å². The molecule has 4 fully saturated rings. The third kappa shape index (κ3) is 2.61. The first-order valence-corrected chi connectivity index (χ1v) is 11.6. The van der Waals surface area contributed by atoms with E-state index in [1.165, 1.54) is 18.7 Å². The van der Waals surface area contributed by atoms with Gasteiger partial charge in [-0.15, -0.1) is 11.8 Å². The highest BCUT2D eigenvalue weighted by Gasteiger charge is 2.73. The largest absolute Gasteiger partial charge is 0.459 e. The summed E-state index contributed by atoms with van der Waals surface area (Å²) in [5.41, 5.74) is -0.525. The molecule has 9 heteroatoms. The first-order valence-electron chi connectivity index (χ1n) is 9.14. The smallest absolute Gasteiger partial charge is 0.312 e. The molecule has 4 rings (SSSR count). The summed E-state index contributed by atoms with van der Waals surface area (Å²) in [5, 5.41) is -1.73. The minimum absolute atomic E-state index is 0.161. The van der Waals surface area contributed by atoms with Crippen molar-refractivity contribution in [2.24, 2.45) is 11.8 Å². The van der Waals surface area contributed by atoms with E-state index < -0.39 is 56.3 Å². The van der Waals surface area contributed by atoms with E-state index in [0.29, 0.717) is 0 Å². The molecule has 0 aromatic heterocycles. The predicted octanol–water partition coefficient (Wildman–Crippen LogP) is 1.64. The van der Waals surface area contributed by atoms with Crippen molar-refractivity contribution in [2.75, 3.05) is 0 Å². The molecule has 0 aromatic carbocycles. The van der Waals surface area contributed by atoms with Crippen molar-refractivity contribution in [2.45, 2.75) is 80.0 Å². The van der Waals surface area contributed by atoms with Gasteiger partial charge in [0.15, 0.2) is 0 Å². The van der Waals surface area contributed by atoms with Crippen LogP contribution in [-0.2, 0) is 33.4 Å². The molecule has 4 aliphatic rings. The summed E-state index contributed by atoms with van der Waals surface area (Å²) >= 11 is 1.38. The minimum atomic E-state index is -3.88. The second kappa shape index (κ2) is 6.10. The summed E-state index contributed by atoms with van der Waals surface area (Å²) in [6.07, 6.45) is 2.17. The van der Waals surface area contributed by atoms with Gasteiger partial charge in [0.2, 0.25) is 0 Å². The zero-order valence-electron chi connectivity index (χ0n) is 15.0. The molecule has 1 aliphatic carbocycles. The van der Waals surface area contributed by atoms with E-state index in [9.17, 15) is 18.0 Å². The first-order chi connectivity index (χ1) is 12.2. The average Bonchev–Trinajstić information content (AvgIpc) is 3.24. The monoisotopic (exact) mass is 404 g/mol. The van der Waals surface area contributed by atoms with Crippen molar-refractivity contribution in [3.8, 4) is 0 Å². The normalized spacial score (nSPS) is 41.5. The van der Waals surface area contributed by atoms with E-state index in [2.05, 4.69) is 0 Å². The van der Waals surface area contributed by atoms with Crippen LogP contribution in [0.5, 0.6) is 0 Å². The quantitative estimate of drug-likeness (QED) is 0.515. The van der Waals surface area contributed by atoms with Crippen molar-refractivity contribution >= 4 is 33.8 Å². The number of thioether (sulfide) groups is 1. The Kier molecular flexibility index (Phi) is 4.36. The zero-order valence-corrected chi connectivity index (χ0v) is 16.7. The van der Waals surface area contributed by atoms with Crippen molar-refractivity contribution in [3.05, 3.63) is 0 Å². The molecule has 3 heterocycles. The number of esters is 2.